The summed E-state index contributed by atoms with van der Waals surface area (Å²) in [5.41, 5.74) is 11.1. The number of anilines is 3. The second-order valence-electron chi connectivity index (χ2n) is 24.7. The van der Waals surface area contributed by atoms with Crippen molar-refractivity contribution < 1.29 is 57.8 Å². The number of aromatic carboxylic acids is 1. The van der Waals surface area contributed by atoms with E-state index in [0.29, 0.717) is 76.6 Å². The van der Waals surface area contributed by atoms with Crippen molar-refractivity contribution >= 4 is 81.6 Å². The van der Waals surface area contributed by atoms with E-state index >= 15 is 0 Å². The monoisotopic (exact) mass is 1350 g/mol. The molecule has 9 aromatic rings. The molecule has 0 aliphatic carbocycles. The van der Waals surface area contributed by atoms with Gasteiger partial charge in [-0.15, -0.1) is 0 Å². The third-order valence-electron chi connectivity index (χ3n) is 16.7. The van der Waals surface area contributed by atoms with Gasteiger partial charge in [0.25, 0.3) is 29.5 Å². The van der Waals surface area contributed by atoms with Gasteiger partial charge in [-0.3, -0.25) is 47.9 Å². The number of imidazole rings is 3. The maximum absolute atomic E-state index is 13.7. The number of benzene rings is 1. The van der Waals surface area contributed by atoms with Crippen molar-refractivity contribution in [3.05, 3.63) is 190 Å². The van der Waals surface area contributed by atoms with Gasteiger partial charge < -0.3 is 78.9 Å². The Balaban J connectivity index is 0.674. The topological polar surface area (TPSA) is 376 Å². The van der Waals surface area contributed by atoms with Crippen LogP contribution in [0.4, 0.5) is 17.2 Å². The summed E-state index contributed by atoms with van der Waals surface area (Å²) in [6.45, 7) is 1.91. The van der Waals surface area contributed by atoms with Crippen molar-refractivity contribution in [2.24, 2.45) is 62.1 Å². The van der Waals surface area contributed by atoms with Crippen LogP contribution in [0.5, 0.6) is 0 Å². The lowest BCUT2D eigenvalue weighted by Gasteiger charge is -2.16. The van der Waals surface area contributed by atoms with Gasteiger partial charge >= 0.3 is 5.97 Å². The van der Waals surface area contributed by atoms with Crippen LogP contribution < -0.4 is 32.3 Å². The van der Waals surface area contributed by atoms with E-state index in [9.17, 15) is 57.8 Å². The number of carboxylic acid groups (broad SMARTS) is 1. The van der Waals surface area contributed by atoms with E-state index in [0.717, 1.165) is 19.5 Å². The predicted molar refractivity (Wildman–Crippen MR) is 364 cm³/mol. The molecule has 1 aromatic carbocycles. The molecule has 518 valence electrons. The highest BCUT2D eigenvalue weighted by Gasteiger charge is 2.26. The number of nitrogens with two attached hydrogens (primary N) is 1. The summed E-state index contributed by atoms with van der Waals surface area (Å²) >= 11 is 0. The van der Waals surface area contributed by atoms with Crippen LogP contribution in [-0.2, 0) is 86.9 Å². The summed E-state index contributed by atoms with van der Waals surface area (Å²) in [5.74, 6) is -4.39. The number of amides is 5. The minimum atomic E-state index is -1.10. The number of aryl methyl sites for hydroxylation is 8. The Morgan fingerprint density at radius 2 is 1.02 bits per heavy atom. The molecule has 8 aromatic heterocycles. The van der Waals surface area contributed by atoms with Crippen molar-refractivity contribution in [3.8, 4) is 0 Å². The molecule has 30 heteroatoms. The lowest BCUT2D eigenvalue weighted by molar-refractivity contribution is -0.119. The predicted octanol–water partition coefficient (Wildman–Crippen LogP) is 4.67. The van der Waals surface area contributed by atoms with Gasteiger partial charge in [0.1, 0.15) is 11.4 Å². The largest absolute Gasteiger partial charge is 0.478 e. The van der Waals surface area contributed by atoms with E-state index in [4.69, 9.17) is 5.73 Å². The molecule has 0 unspecified atom stereocenters. The maximum Gasteiger partial charge on any atom is 0.335 e. The first-order chi connectivity index (χ1) is 47.1. The van der Waals surface area contributed by atoms with E-state index in [1.807, 2.05) is 7.05 Å². The molecule has 0 bridgehead atoms. The number of unbranched alkanes of at least 4 members (excludes halogenated alkanes) is 1. The van der Waals surface area contributed by atoms with Gasteiger partial charge in [0.15, 0.2) is 40.6 Å². The normalized spacial score (nSPS) is 11.6. The quantitative estimate of drug-likeness (QED) is 0.0213. The zero-order chi connectivity index (χ0) is 71.5. The molecule has 0 aliphatic rings. The highest BCUT2D eigenvalue weighted by Crippen LogP contribution is 2.22. The van der Waals surface area contributed by atoms with E-state index in [1.54, 1.807) is 151 Å². The van der Waals surface area contributed by atoms with Crippen molar-refractivity contribution in [1.82, 2.24) is 67.0 Å². The molecule has 8 N–H and O–H groups in total. The van der Waals surface area contributed by atoms with E-state index in [-0.39, 0.29) is 119 Å². The van der Waals surface area contributed by atoms with E-state index in [2.05, 4.69) is 46.4 Å². The molecule has 99 heavy (non-hydrogen) atoms. The van der Waals surface area contributed by atoms with Crippen molar-refractivity contribution in [3.63, 3.8) is 0 Å². The SMILES string of the molecule is CN(CCCCC(=O)c1cc(CC(=O)c2cc(CC(=O)c3nc(CC(=O)c4cc(CC(=O)[C@H](N)CCNC(=O)c5nc(NC(=O)c6cc(NC(=O)c7cc(NC(=O)c8nccn8C)cn7C)cn6C)cn5C)cn4C)cn3C)cn2C)cn1C)CCCNC(=O)c1cccc(C(=O)O)c1. The molecular formula is C69H80N18O12. The Labute approximate surface area is 569 Å². The van der Waals surface area contributed by atoms with Gasteiger partial charge in [0, 0.05) is 156 Å². The summed E-state index contributed by atoms with van der Waals surface area (Å²) in [5, 5.41) is 22.9. The van der Waals surface area contributed by atoms with Gasteiger partial charge in [-0.1, -0.05) is 6.07 Å². The molecule has 0 radical (unpaired) electrons. The van der Waals surface area contributed by atoms with Crippen LogP contribution in [0.2, 0.25) is 0 Å². The maximum atomic E-state index is 13.7. The molecule has 1 atom stereocenters. The molecule has 0 aliphatic heterocycles. The number of aromatic nitrogens is 11. The van der Waals surface area contributed by atoms with Gasteiger partial charge in [0.05, 0.1) is 52.2 Å². The molecule has 0 saturated carbocycles. The number of hydrogen-bond acceptors (Lipinski definition) is 16. The minimum Gasteiger partial charge on any atom is -0.478 e. The average molecular weight is 1350 g/mol. The van der Waals surface area contributed by atoms with Gasteiger partial charge in [0.2, 0.25) is 11.6 Å². The van der Waals surface area contributed by atoms with Crippen LogP contribution in [-0.4, -0.2) is 165 Å². The fourth-order valence-corrected chi connectivity index (χ4v) is 11.6. The highest BCUT2D eigenvalue weighted by molar-refractivity contribution is 6.08. The molecule has 8 heterocycles. The number of carbonyl (C=O) groups is 11. The Kier molecular flexibility index (Phi) is 22.8. The van der Waals surface area contributed by atoms with Crippen LogP contribution in [0.15, 0.2) is 110 Å². The molecule has 0 saturated heterocycles. The number of ketones is 5. The first-order valence-corrected chi connectivity index (χ1v) is 31.8. The Bertz CT molecular complexity index is 4590. The zero-order valence-electron chi connectivity index (χ0n) is 56.5. The number of nitrogens with zero attached hydrogens (tertiary/aromatic N) is 12. The minimum absolute atomic E-state index is 0.0139. The first kappa shape index (κ1) is 71.6. The number of rotatable bonds is 34. The van der Waals surface area contributed by atoms with Gasteiger partial charge in [-0.2, -0.15) is 0 Å². The lowest BCUT2D eigenvalue weighted by atomic mass is 10.0. The summed E-state index contributed by atoms with van der Waals surface area (Å²) in [6.07, 6.45) is 16.7. The highest BCUT2D eigenvalue weighted by atomic mass is 16.4. The van der Waals surface area contributed by atoms with Crippen molar-refractivity contribution in [1.29, 1.82) is 0 Å². The van der Waals surface area contributed by atoms with Gasteiger partial charge in [-0.05, 0) is 111 Å². The standard InChI is InChI=1S/C69H80N18O12/c1-79(22-13-18-72-64(93)44-14-12-15-45(30-44)69(98)99)21-11-10-16-55(88)50-24-42(35-81(50)3)28-57(90)51-26-43(36-82(51)4)29-59(92)61-74-48(39-86(61)8)33-58(91)52-25-41(34-83(52)5)27-56(89)49(70)17-19-73-67(96)63-77-60(40-87(63)9)78-66(95)54-31-46(37-85(54)7)75-65(94)53-32-47(38-84(53)6)76-68(97)62-71-20-23-80(62)2/h12,14-15,20,23-26,30-32,34-40,49H,10-11,13,16-19,21-22,27-29,33,70H2,1-9H3,(H,72,93)(H,73,96)(H,75,94)(H,76,97)(H,78,95)(H,98,99)/t49-/m1/s1. The Hall–Kier alpha value is -11.7. The zero-order valence-corrected chi connectivity index (χ0v) is 56.5. The van der Waals surface area contributed by atoms with Crippen LogP contribution in [0.1, 0.15) is 160 Å². The molecule has 5 amide bonds. The summed E-state index contributed by atoms with van der Waals surface area (Å²) in [6, 6.07) is 12.9. The summed E-state index contributed by atoms with van der Waals surface area (Å²) < 4.78 is 12.6. The summed E-state index contributed by atoms with van der Waals surface area (Å²) in [7, 11) is 15.3. The third-order valence-corrected chi connectivity index (χ3v) is 16.7. The number of Topliss-reactive ketones (excluding diaryl/α,β-unsaturated/α-hetero) is 5. The second kappa shape index (κ2) is 31.5. The molecule has 9 rings (SSSR count). The Morgan fingerprint density at radius 3 is 1.64 bits per heavy atom. The molecule has 30 nitrogen and oxygen atoms in total. The van der Waals surface area contributed by atoms with Crippen LogP contribution in [0.3, 0.4) is 0 Å². The van der Waals surface area contributed by atoms with Crippen LogP contribution >= 0.6 is 0 Å². The van der Waals surface area contributed by atoms with Crippen molar-refractivity contribution in [2.75, 3.05) is 49.2 Å². The second-order valence-corrected chi connectivity index (χ2v) is 24.7. The molecule has 0 spiro atoms. The third kappa shape index (κ3) is 18.1. The molecular weight excluding hydrogens is 1270 g/mol. The van der Waals surface area contributed by atoms with Crippen LogP contribution in [0, 0.1) is 0 Å². The molecule has 0 fully saturated rings. The van der Waals surface area contributed by atoms with Crippen LogP contribution in [0.25, 0.3) is 0 Å². The van der Waals surface area contributed by atoms with Crippen molar-refractivity contribution in [2.45, 2.75) is 63.8 Å². The average Bonchev–Trinajstić information content (AvgIpc) is 1.69. The van der Waals surface area contributed by atoms with E-state index in [1.165, 1.54) is 51.9 Å². The smallest absolute Gasteiger partial charge is 0.335 e. The number of carbonyl (C=O) groups excluding carboxylic acids is 10. The first-order valence-electron chi connectivity index (χ1n) is 31.8. The fraction of sp³-hybridized carbons (Fsp3) is 0.333. The summed E-state index contributed by atoms with van der Waals surface area (Å²) in [4.78, 5) is 159. The Morgan fingerprint density at radius 1 is 0.485 bits per heavy atom. The number of nitrogens with one attached hydrogen (secondary N) is 5. The number of hydrogen-bond donors (Lipinski definition) is 7. The number of carboxylic acids is 1. The van der Waals surface area contributed by atoms with Gasteiger partial charge in [-0.25, -0.2) is 19.7 Å². The lowest BCUT2D eigenvalue weighted by Crippen LogP contribution is -2.37. The van der Waals surface area contributed by atoms with E-state index < -0.39 is 35.6 Å². The fourth-order valence-electron chi connectivity index (χ4n) is 11.6.